The van der Waals surface area contributed by atoms with Gasteiger partial charge in [0, 0.05) is 12.5 Å². The van der Waals surface area contributed by atoms with Crippen molar-refractivity contribution in [2.45, 2.75) is 19.5 Å². The maximum Gasteiger partial charge on any atom is 0.416 e. The summed E-state index contributed by atoms with van der Waals surface area (Å²) in [4.78, 5) is 0. The Morgan fingerprint density at radius 2 is 1.67 bits per heavy atom. The van der Waals surface area contributed by atoms with Crippen LogP contribution in [0.3, 0.4) is 0 Å². The Balaban J connectivity index is 1.78. The SMILES string of the molecule is Cc1cc(O)cc(Cl)c1OCCCOc1ccc(C(F)(F)F)cc1. The van der Waals surface area contributed by atoms with E-state index in [-0.39, 0.29) is 5.75 Å². The van der Waals surface area contributed by atoms with Gasteiger partial charge in [-0.1, -0.05) is 11.6 Å². The number of hydrogen-bond donors (Lipinski definition) is 1. The number of aryl methyl sites for hydroxylation is 1. The lowest BCUT2D eigenvalue weighted by atomic mass is 10.2. The predicted octanol–water partition coefficient (Wildman–Crippen LogP) is 5.22. The Morgan fingerprint density at radius 1 is 1.04 bits per heavy atom. The molecule has 1 N–H and O–H groups in total. The third-order valence-corrected chi connectivity index (χ3v) is 3.48. The molecule has 7 heteroatoms. The van der Waals surface area contributed by atoms with Gasteiger partial charge in [0.2, 0.25) is 0 Å². The molecule has 0 atom stereocenters. The molecule has 0 aliphatic carbocycles. The second-order valence-corrected chi connectivity index (χ2v) is 5.55. The van der Waals surface area contributed by atoms with Crippen LogP contribution in [0.25, 0.3) is 0 Å². The molecule has 130 valence electrons. The Hall–Kier alpha value is -2.08. The van der Waals surface area contributed by atoms with E-state index in [1.165, 1.54) is 18.2 Å². The number of aromatic hydroxyl groups is 1. The van der Waals surface area contributed by atoms with Crippen molar-refractivity contribution in [3.05, 3.63) is 52.5 Å². The van der Waals surface area contributed by atoms with Gasteiger partial charge >= 0.3 is 6.18 Å². The monoisotopic (exact) mass is 360 g/mol. The summed E-state index contributed by atoms with van der Waals surface area (Å²) in [6.07, 6.45) is -3.83. The molecule has 0 heterocycles. The smallest absolute Gasteiger partial charge is 0.416 e. The fourth-order valence-electron chi connectivity index (χ4n) is 2.06. The van der Waals surface area contributed by atoms with Crippen molar-refractivity contribution in [1.82, 2.24) is 0 Å². The van der Waals surface area contributed by atoms with Crippen LogP contribution in [0.15, 0.2) is 36.4 Å². The minimum atomic E-state index is -4.35. The highest BCUT2D eigenvalue weighted by atomic mass is 35.5. The molecular formula is C17H16ClF3O3. The van der Waals surface area contributed by atoms with Gasteiger partial charge in [0.25, 0.3) is 0 Å². The van der Waals surface area contributed by atoms with Crippen LogP contribution in [0.1, 0.15) is 17.5 Å². The van der Waals surface area contributed by atoms with Crippen molar-refractivity contribution in [3.63, 3.8) is 0 Å². The number of phenolic OH excluding ortho intramolecular Hbond substituents is 1. The van der Waals surface area contributed by atoms with Gasteiger partial charge in [-0.3, -0.25) is 0 Å². The molecule has 0 unspecified atom stereocenters. The van der Waals surface area contributed by atoms with Crippen molar-refractivity contribution in [1.29, 1.82) is 0 Å². The number of hydrogen-bond acceptors (Lipinski definition) is 3. The molecule has 0 spiro atoms. The number of benzene rings is 2. The van der Waals surface area contributed by atoms with Gasteiger partial charge in [-0.15, -0.1) is 0 Å². The summed E-state index contributed by atoms with van der Waals surface area (Å²) in [6.45, 7) is 2.38. The normalized spacial score (nSPS) is 11.4. The van der Waals surface area contributed by atoms with Crippen LogP contribution in [0.2, 0.25) is 5.02 Å². The number of alkyl halides is 3. The standard InChI is InChI=1S/C17H16ClF3O3/c1-11-9-13(22)10-15(18)16(11)24-8-2-7-23-14-5-3-12(4-6-14)17(19,20)21/h3-6,9-10,22H,2,7-8H2,1H3. The first-order valence-electron chi connectivity index (χ1n) is 7.19. The minimum Gasteiger partial charge on any atom is -0.508 e. The van der Waals surface area contributed by atoms with Gasteiger partial charge in [-0.25, -0.2) is 0 Å². The van der Waals surface area contributed by atoms with Crippen LogP contribution in [0.5, 0.6) is 17.2 Å². The highest BCUT2D eigenvalue weighted by Crippen LogP contribution is 2.32. The number of ether oxygens (including phenoxy) is 2. The van der Waals surface area contributed by atoms with Gasteiger partial charge in [-0.2, -0.15) is 13.2 Å². The molecule has 0 aromatic heterocycles. The molecule has 2 aromatic rings. The summed E-state index contributed by atoms with van der Waals surface area (Å²) in [5.41, 5.74) is -0.000659. The molecule has 0 amide bonds. The van der Waals surface area contributed by atoms with E-state index in [1.807, 2.05) is 0 Å². The zero-order valence-electron chi connectivity index (χ0n) is 12.9. The van der Waals surface area contributed by atoms with E-state index in [2.05, 4.69) is 0 Å². The van der Waals surface area contributed by atoms with Crippen LogP contribution in [-0.2, 0) is 6.18 Å². The number of phenols is 1. The lowest BCUT2D eigenvalue weighted by Crippen LogP contribution is -2.07. The summed E-state index contributed by atoms with van der Waals surface area (Å²) >= 11 is 5.99. The average Bonchev–Trinajstić information content (AvgIpc) is 2.48. The quantitative estimate of drug-likeness (QED) is 0.718. The highest BCUT2D eigenvalue weighted by molar-refractivity contribution is 6.32. The molecule has 2 rings (SSSR count). The predicted molar refractivity (Wildman–Crippen MR) is 84.9 cm³/mol. The molecule has 3 nitrogen and oxygen atoms in total. The van der Waals surface area contributed by atoms with Crippen LogP contribution in [0, 0.1) is 6.92 Å². The first-order chi connectivity index (χ1) is 11.3. The summed E-state index contributed by atoms with van der Waals surface area (Å²) in [5, 5.41) is 9.71. The maximum absolute atomic E-state index is 12.4. The van der Waals surface area contributed by atoms with Crippen molar-refractivity contribution in [2.75, 3.05) is 13.2 Å². The molecule has 24 heavy (non-hydrogen) atoms. The molecule has 0 radical (unpaired) electrons. The lowest BCUT2D eigenvalue weighted by Gasteiger charge is -2.12. The van der Waals surface area contributed by atoms with Gasteiger partial charge in [-0.05, 0) is 42.8 Å². The Labute approximate surface area is 142 Å². The molecule has 2 aromatic carbocycles. The fraction of sp³-hybridized carbons (Fsp3) is 0.294. The molecule has 0 fully saturated rings. The molecule has 0 aliphatic rings. The Morgan fingerprint density at radius 3 is 2.25 bits per heavy atom. The Kier molecular flexibility index (Phi) is 5.83. The molecule has 0 bridgehead atoms. The minimum absolute atomic E-state index is 0.0653. The average molecular weight is 361 g/mol. The van der Waals surface area contributed by atoms with Gasteiger partial charge in [0.15, 0.2) is 0 Å². The van der Waals surface area contributed by atoms with Gasteiger partial charge in [0.1, 0.15) is 17.2 Å². The topological polar surface area (TPSA) is 38.7 Å². The Bertz CT molecular complexity index is 661. The molecule has 0 aliphatic heterocycles. The number of halogens is 4. The summed E-state index contributed by atoms with van der Waals surface area (Å²) < 4.78 is 48.2. The summed E-state index contributed by atoms with van der Waals surface area (Å²) in [6, 6.07) is 7.45. The number of rotatable bonds is 6. The zero-order chi connectivity index (χ0) is 17.7. The zero-order valence-corrected chi connectivity index (χ0v) is 13.6. The maximum atomic E-state index is 12.4. The van der Waals surface area contributed by atoms with Crippen molar-refractivity contribution in [3.8, 4) is 17.2 Å². The molecule has 0 saturated carbocycles. The second kappa shape index (κ2) is 7.66. The van der Waals surface area contributed by atoms with E-state index >= 15 is 0 Å². The summed E-state index contributed by atoms with van der Waals surface area (Å²) in [5.74, 6) is 0.918. The van der Waals surface area contributed by atoms with Crippen LogP contribution >= 0.6 is 11.6 Å². The van der Waals surface area contributed by atoms with Crippen molar-refractivity contribution < 1.29 is 27.8 Å². The van der Waals surface area contributed by atoms with E-state index in [4.69, 9.17) is 21.1 Å². The third-order valence-electron chi connectivity index (χ3n) is 3.20. The second-order valence-electron chi connectivity index (χ2n) is 5.15. The van der Waals surface area contributed by atoms with Gasteiger partial charge < -0.3 is 14.6 Å². The highest BCUT2D eigenvalue weighted by Gasteiger charge is 2.29. The van der Waals surface area contributed by atoms with Crippen molar-refractivity contribution in [2.24, 2.45) is 0 Å². The van der Waals surface area contributed by atoms with E-state index in [0.29, 0.717) is 41.7 Å². The van der Waals surface area contributed by atoms with Crippen LogP contribution in [0.4, 0.5) is 13.2 Å². The van der Waals surface area contributed by atoms with E-state index < -0.39 is 11.7 Å². The van der Waals surface area contributed by atoms with Crippen LogP contribution < -0.4 is 9.47 Å². The fourth-order valence-corrected chi connectivity index (χ4v) is 2.37. The third kappa shape index (κ3) is 4.96. The first-order valence-corrected chi connectivity index (χ1v) is 7.57. The lowest BCUT2D eigenvalue weighted by molar-refractivity contribution is -0.137. The van der Waals surface area contributed by atoms with E-state index in [0.717, 1.165) is 12.1 Å². The molecule has 0 saturated heterocycles. The molecular weight excluding hydrogens is 345 g/mol. The van der Waals surface area contributed by atoms with Crippen LogP contribution in [-0.4, -0.2) is 18.3 Å². The van der Waals surface area contributed by atoms with Gasteiger partial charge in [0.05, 0.1) is 23.8 Å². The van der Waals surface area contributed by atoms with Crippen molar-refractivity contribution >= 4 is 11.6 Å². The summed E-state index contributed by atoms with van der Waals surface area (Å²) in [7, 11) is 0. The largest absolute Gasteiger partial charge is 0.508 e. The first kappa shape index (κ1) is 18.3. The van der Waals surface area contributed by atoms with E-state index in [9.17, 15) is 18.3 Å². The van der Waals surface area contributed by atoms with E-state index in [1.54, 1.807) is 13.0 Å².